The molecule has 9 heteroatoms. The van der Waals surface area contributed by atoms with Crippen LogP contribution in [-0.4, -0.2) is 32.4 Å². The first-order chi connectivity index (χ1) is 13.4. The van der Waals surface area contributed by atoms with Crippen molar-refractivity contribution >= 4 is 21.8 Å². The number of H-pyrrole nitrogens is 1. The van der Waals surface area contributed by atoms with Crippen LogP contribution in [-0.2, 0) is 16.6 Å². The lowest BCUT2D eigenvalue weighted by atomic mass is 10.2. The highest BCUT2D eigenvalue weighted by atomic mass is 32.2. The number of benzene rings is 1. The van der Waals surface area contributed by atoms with Crippen LogP contribution in [0.4, 0.5) is 8.78 Å². The summed E-state index contributed by atoms with van der Waals surface area (Å²) in [6.07, 6.45) is 3.23. The third-order valence-corrected chi connectivity index (χ3v) is 5.23. The summed E-state index contributed by atoms with van der Waals surface area (Å²) in [4.78, 5) is 11.5. The van der Waals surface area contributed by atoms with Gasteiger partial charge < -0.3 is 14.5 Å². The lowest BCUT2D eigenvalue weighted by molar-refractivity contribution is -0.0502. The van der Waals surface area contributed by atoms with Crippen molar-refractivity contribution in [1.82, 2.24) is 15.0 Å². The zero-order chi connectivity index (χ0) is 20.3. The number of aromatic amines is 1. The largest absolute Gasteiger partial charge is 0.489 e. The number of alkyl halides is 2. The summed E-state index contributed by atoms with van der Waals surface area (Å²) in [5, 5.41) is 0.238. The molecule has 28 heavy (non-hydrogen) atoms. The average molecular weight is 407 g/mol. The highest BCUT2D eigenvalue weighted by Gasteiger charge is 2.17. The van der Waals surface area contributed by atoms with Crippen molar-refractivity contribution in [2.75, 3.05) is 6.61 Å². The van der Waals surface area contributed by atoms with Crippen LogP contribution in [0, 0.1) is 13.8 Å². The van der Waals surface area contributed by atoms with Crippen LogP contribution in [0.5, 0.6) is 11.5 Å². The van der Waals surface area contributed by atoms with Crippen LogP contribution >= 0.6 is 0 Å². The van der Waals surface area contributed by atoms with Gasteiger partial charge in [0.1, 0.15) is 18.1 Å². The molecule has 3 aromatic rings. The molecule has 0 aliphatic heterocycles. The van der Waals surface area contributed by atoms with E-state index in [0.29, 0.717) is 34.6 Å². The van der Waals surface area contributed by atoms with Crippen molar-refractivity contribution in [3.05, 3.63) is 53.9 Å². The number of halogens is 2. The van der Waals surface area contributed by atoms with E-state index in [4.69, 9.17) is 4.74 Å². The predicted molar refractivity (Wildman–Crippen MR) is 102 cm³/mol. The molecule has 1 N–H and O–H groups in total. The van der Waals surface area contributed by atoms with Gasteiger partial charge in [-0.05, 0) is 31.5 Å². The smallest absolute Gasteiger partial charge is 0.387 e. The third kappa shape index (κ3) is 4.36. The molecule has 0 saturated carbocycles. The number of pyridine rings is 1. The molecule has 148 valence electrons. The van der Waals surface area contributed by atoms with E-state index in [9.17, 15) is 13.0 Å². The molecule has 0 saturated heterocycles. The van der Waals surface area contributed by atoms with E-state index in [0.717, 1.165) is 5.56 Å². The second kappa shape index (κ2) is 8.47. The highest BCUT2D eigenvalue weighted by molar-refractivity contribution is 7.84. The van der Waals surface area contributed by atoms with Crippen LogP contribution in [0.2, 0.25) is 0 Å². The van der Waals surface area contributed by atoms with E-state index in [1.54, 1.807) is 31.3 Å². The Morgan fingerprint density at radius 3 is 2.82 bits per heavy atom. The highest BCUT2D eigenvalue weighted by Crippen LogP contribution is 2.27. The molecule has 2 heterocycles. The maximum Gasteiger partial charge on any atom is 0.387 e. The number of hydrogen-bond acceptors (Lipinski definition) is 5. The zero-order valence-corrected chi connectivity index (χ0v) is 16.2. The SMILES string of the molecule is C=CCOc1ccnc(CS(=O)c2nc3cc(OC(F)F)c(C)cc3[nH]2)c1C. The van der Waals surface area contributed by atoms with Gasteiger partial charge in [0, 0.05) is 17.8 Å². The molecule has 0 bridgehead atoms. The molecule has 1 atom stereocenters. The summed E-state index contributed by atoms with van der Waals surface area (Å²) in [5.41, 5.74) is 2.93. The third-order valence-electron chi connectivity index (χ3n) is 4.07. The molecule has 1 unspecified atom stereocenters. The molecule has 1 aromatic carbocycles. The molecule has 0 spiro atoms. The van der Waals surface area contributed by atoms with Crippen LogP contribution < -0.4 is 9.47 Å². The van der Waals surface area contributed by atoms with Crippen molar-refractivity contribution in [3.63, 3.8) is 0 Å². The first-order valence-electron chi connectivity index (χ1n) is 8.40. The van der Waals surface area contributed by atoms with Crippen molar-refractivity contribution in [3.8, 4) is 11.5 Å². The van der Waals surface area contributed by atoms with Gasteiger partial charge in [-0.1, -0.05) is 12.7 Å². The number of nitrogens with one attached hydrogen (secondary N) is 1. The standard InChI is InChI=1S/C19H19F2N3O3S/c1-4-7-26-16-5-6-22-15(12(16)3)10-28(25)19-23-13-8-11(2)17(27-18(20)21)9-14(13)24-19/h4-6,8-9,18H,1,7,10H2,2-3H3,(H,23,24). The Balaban J connectivity index is 1.85. The van der Waals surface area contributed by atoms with Gasteiger partial charge in [0.05, 0.1) is 33.3 Å². The number of imidazole rings is 1. The minimum absolute atomic E-state index is 0.0379. The quantitative estimate of drug-likeness (QED) is 0.570. The fourth-order valence-corrected chi connectivity index (χ4v) is 3.76. The van der Waals surface area contributed by atoms with Gasteiger partial charge in [-0.3, -0.25) is 9.19 Å². The molecular formula is C19H19F2N3O3S. The Hall–Kier alpha value is -2.81. The second-order valence-corrected chi connectivity index (χ2v) is 7.39. The van der Waals surface area contributed by atoms with Gasteiger partial charge in [0.25, 0.3) is 0 Å². The summed E-state index contributed by atoms with van der Waals surface area (Å²) in [7, 11) is -1.51. The van der Waals surface area contributed by atoms with Crippen molar-refractivity contribution < 1.29 is 22.5 Å². The summed E-state index contributed by atoms with van der Waals surface area (Å²) >= 11 is 0. The number of ether oxygens (including phenoxy) is 2. The van der Waals surface area contributed by atoms with E-state index in [-0.39, 0.29) is 16.7 Å². The van der Waals surface area contributed by atoms with E-state index < -0.39 is 17.4 Å². The van der Waals surface area contributed by atoms with E-state index in [1.165, 1.54) is 6.07 Å². The van der Waals surface area contributed by atoms with Gasteiger partial charge in [-0.15, -0.1) is 0 Å². The van der Waals surface area contributed by atoms with Gasteiger partial charge in [0.15, 0.2) is 5.16 Å². The minimum atomic E-state index is -2.92. The molecule has 2 aromatic heterocycles. The molecule has 0 aliphatic rings. The topological polar surface area (TPSA) is 77.1 Å². The zero-order valence-electron chi connectivity index (χ0n) is 15.4. The molecular weight excluding hydrogens is 388 g/mol. The molecule has 0 radical (unpaired) electrons. The molecule has 6 nitrogen and oxygen atoms in total. The van der Waals surface area contributed by atoms with Gasteiger partial charge in [-0.25, -0.2) is 4.98 Å². The number of hydrogen-bond donors (Lipinski definition) is 1. The Labute approximate surface area is 163 Å². The lowest BCUT2D eigenvalue weighted by Gasteiger charge is -2.10. The Kier molecular flexibility index (Phi) is 6.03. The number of rotatable bonds is 8. The van der Waals surface area contributed by atoms with E-state index in [2.05, 4.69) is 26.3 Å². The fourth-order valence-electron chi connectivity index (χ4n) is 2.66. The normalized spacial score (nSPS) is 12.3. The fraction of sp³-hybridized carbons (Fsp3) is 0.263. The van der Waals surface area contributed by atoms with Crippen LogP contribution in [0.25, 0.3) is 11.0 Å². The van der Waals surface area contributed by atoms with Crippen LogP contribution in [0.3, 0.4) is 0 Å². The Morgan fingerprint density at radius 1 is 1.32 bits per heavy atom. The number of fused-ring (bicyclic) bond motifs is 1. The lowest BCUT2D eigenvalue weighted by Crippen LogP contribution is -2.05. The Bertz CT molecular complexity index is 1040. The van der Waals surface area contributed by atoms with Crippen molar-refractivity contribution in [2.24, 2.45) is 0 Å². The molecule has 0 fully saturated rings. The molecule has 0 aliphatic carbocycles. The summed E-state index contributed by atoms with van der Waals surface area (Å²) < 4.78 is 47.8. The molecule has 3 rings (SSSR count). The summed E-state index contributed by atoms with van der Waals surface area (Å²) in [6.45, 7) is 4.54. The number of nitrogens with zero attached hydrogens (tertiary/aromatic N) is 2. The van der Waals surface area contributed by atoms with E-state index >= 15 is 0 Å². The van der Waals surface area contributed by atoms with Gasteiger partial charge in [-0.2, -0.15) is 8.78 Å². The maximum atomic E-state index is 12.8. The Morgan fingerprint density at radius 2 is 2.11 bits per heavy atom. The first kappa shape index (κ1) is 19.9. The van der Waals surface area contributed by atoms with Crippen LogP contribution in [0.1, 0.15) is 16.8 Å². The summed E-state index contributed by atoms with van der Waals surface area (Å²) in [5.74, 6) is 0.822. The minimum Gasteiger partial charge on any atom is -0.489 e. The van der Waals surface area contributed by atoms with Crippen molar-refractivity contribution in [1.29, 1.82) is 0 Å². The van der Waals surface area contributed by atoms with Gasteiger partial charge in [0.2, 0.25) is 0 Å². The second-order valence-electron chi connectivity index (χ2n) is 6.03. The van der Waals surface area contributed by atoms with Gasteiger partial charge >= 0.3 is 6.61 Å². The first-order valence-corrected chi connectivity index (χ1v) is 9.72. The average Bonchev–Trinajstić information content (AvgIpc) is 3.05. The van der Waals surface area contributed by atoms with E-state index in [1.807, 2.05) is 6.92 Å². The molecule has 0 amide bonds. The number of aryl methyl sites for hydroxylation is 1. The monoisotopic (exact) mass is 407 g/mol. The van der Waals surface area contributed by atoms with Crippen LogP contribution in [0.15, 0.2) is 42.2 Å². The van der Waals surface area contributed by atoms with Crippen molar-refractivity contribution in [2.45, 2.75) is 31.4 Å². The summed E-state index contributed by atoms with van der Waals surface area (Å²) in [6, 6.07) is 4.77. The predicted octanol–water partition coefficient (Wildman–Crippen LogP) is 4.05. The number of aromatic nitrogens is 3. The maximum absolute atomic E-state index is 12.8.